The molecule has 0 saturated carbocycles. The number of fused-ring (bicyclic) bond motifs is 1. The molecule has 13 heteroatoms. The van der Waals surface area contributed by atoms with Crippen LogP contribution in [0.5, 0.6) is 0 Å². The van der Waals surface area contributed by atoms with Gasteiger partial charge in [-0.2, -0.15) is 8.68 Å². The highest BCUT2D eigenvalue weighted by Crippen LogP contribution is 2.21. The number of aromatic nitrogens is 3. The van der Waals surface area contributed by atoms with Crippen LogP contribution in [0.4, 0.5) is 14.7 Å². The Balaban J connectivity index is 1.49. The molecular formula is C19H23F2N5O4S2. The maximum atomic E-state index is 14.0. The van der Waals surface area contributed by atoms with Crippen molar-refractivity contribution in [1.82, 2.24) is 18.1 Å². The van der Waals surface area contributed by atoms with E-state index in [1.54, 1.807) is 6.20 Å². The lowest BCUT2D eigenvalue weighted by Gasteiger charge is -2.22. The smallest absolute Gasteiger partial charge is 0.304 e. The zero-order valence-corrected chi connectivity index (χ0v) is 18.7. The topological polar surface area (TPSA) is 117 Å². The number of nitrogens with zero attached hydrogens (tertiary/aromatic N) is 4. The molecule has 0 unspecified atom stereocenters. The van der Waals surface area contributed by atoms with E-state index in [-0.39, 0.29) is 13.1 Å². The number of anilines is 1. The molecule has 0 radical (unpaired) electrons. The summed E-state index contributed by atoms with van der Waals surface area (Å²) < 4.78 is 59.9. The third-order valence-corrected chi connectivity index (χ3v) is 7.41. The highest BCUT2D eigenvalue weighted by atomic mass is 32.2. The van der Waals surface area contributed by atoms with Crippen LogP contribution in [0.3, 0.4) is 0 Å². The molecule has 0 aliphatic carbocycles. The Kier molecular flexibility index (Phi) is 8.10. The van der Waals surface area contributed by atoms with E-state index in [9.17, 15) is 22.0 Å². The first-order valence-corrected chi connectivity index (χ1v) is 12.2. The standard InChI is InChI=1S/C19H23F2N5O4S2/c20-14-5-6-16(15(21)13-14)32(29,30)25(11-7-17(27)28)10-4-2-1-3-8-22-18-24-31-19-23-9-12-26(18)19/h5-6,9,12-13H,1-4,7-8,10-11H2,(H,22,24)(H,27,28). The summed E-state index contributed by atoms with van der Waals surface area (Å²) in [7, 11) is -4.29. The molecule has 32 heavy (non-hydrogen) atoms. The minimum absolute atomic E-state index is 0.0433. The number of hydrogen-bond acceptors (Lipinski definition) is 7. The van der Waals surface area contributed by atoms with E-state index >= 15 is 0 Å². The second-order valence-corrected chi connectivity index (χ2v) is 9.69. The summed E-state index contributed by atoms with van der Waals surface area (Å²) >= 11 is 1.29. The molecule has 2 heterocycles. The number of imidazole rings is 1. The Morgan fingerprint density at radius 1 is 1.19 bits per heavy atom. The minimum Gasteiger partial charge on any atom is -0.481 e. The predicted octanol–water partition coefficient (Wildman–Crippen LogP) is 3.21. The third-order valence-electron chi connectivity index (χ3n) is 4.75. The lowest BCUT2D eigenvalue weighted by atomic mass is 10.2. The highest BCUT2D eigenvalue weighted by Gasteiger charge is 2.27. The second kappa shape index (κ2) is 10.8. The lowest BCUT2D eigenvalue weighted by molar-refractivity contribution is -0.137. The Bertz CT molecular complexity index is 1170. The van der Waals surface area contributed by atoms with Gasteiger partial charge >= 0.3 is 5.97 Å². The Labute approximate surface area is 187 Å². The molecule has 0 fully saturated rings. The van der Waals surface area contributed by atoms with Crippen molar-refractivity contribution >= 4 is 38.4 Å². The predicted molar refractivity (Wildman–Crippen MR) is 115 cm³/mol. The van der Waals surface area contributed by atoms with Crippen molar-refractivity contribution in [2.45, 2.75) is 37.0 Å². The molecule has 0 saturated heterocycles. The van der Waals surface area contributed by atoms with Crippen molar-refractivity contribution in [2.24, 2.45) is 0 Å². The summed E-state index contributed by atoms with van der Waals surface area (Å²) in [5, 5.41) is 12.1. The summed E-state index contributed by atoms with van der Waals surface area (Å²) in [5.74, 6) is -2.54. The van der Waals surface area contributed by atoms with Crippen LogP contribution in [-0.2, 0) is 14.8 Å². The molecule has 3 aromatic rings. The van der Waals surface area contributed by atoms with Crippen molar-refractivity contribution in [3.05, 3.63) is 42.2 Å². The molecule has 3 rings (SSSR count). The van der Waals surface area contributed by atoms with Crippen LogP contribution in [0.15, 0.2) is 35.5 Å². The first-order valence-electron chi connectivity index (χ1n) is 9.98. The van der Waals surface area contributed by atoms with Crippen molar-refractivity contribution in [1.29, 1.82) is 0 Å². The molecular weight excluding hydrogens is 464 g/mol. The van der Waals surface area contributed by atoms with Crippen LogP contribution in [0.25, 0.3) is 4.96 Å². The average molecular weight is 488 g/mol. The van der Waals surface area contributed by atoms with Gasteiger partial charge in [-0.15, -0.1) is 0 Å². The number of unbranched alkanes of at least 4 members (excludes halogenated alkanes) is 3. The Hall–Kier alpha value is -2.64. The zero-order valence-electron chi connectivity index (χ0n) is 17.1. The molecule has 9 nitrogen and oxygen atoms in total. The van der Waals surface area contributed by atoms with Crippen molar-refractivity contribution in [3.63, 3.8) is 0 Å². The van der Waals surface area contributed by atoms with Crippen LogP contribution in [0, 0.1) is 11.6 Å². The number of carboxylic acids is 1. The quantitative estimate of drug-likeness (QED) is 0.356. The normalized spacial score (nSPS) is 12.0. The van der Waals surface area contributed by atoms with Gasteiger partial charge in [0.1, 0.15) is 16.5 Å². The van der Waals surface area contributed by atoms with E-state index in [1.807, 2.05) is 10.6 Å². The van der Waals surface area contributed by atoms with Crippen molar-refractivity contribution in [2.75, 3.05) is 25.0 Å². The van der Waals surface area contributed by atoms with E-state index in [2.05, 4.69) is 14.7 Å². The van der Waals surface area contributed by atoms with Crippen LogP contribution >= 0.6 is 11.5 Å². The van der Waals surface area contributed by atoms with Gasteiger partial charge in [0, 0.05) is 49.6 Å². The fraction of sp³-hybridized carbons (Fsp3) is 0.421. The molecule has 0 amide bonds. The van der Waals surface area contributed by atoms with E-state index < -0.39 is 38.9 Å². The molecule has 174 valence electrons. The Morgan fingerprint density at radius 3 is 2.72 bits per heavy atom. The fourth-order valence-corrected chi connectivity index (χ4v) is 5.32. The van der Waals surface area contributed by atoms with Gasteiger partial charge in [0.2, 0.25) is 20.9 Å². The van der Waals surface area contributed by atoms with Gasteiger partial charge in [0.05, 0.1) is 6.42 Å². The largest absolute Gasteiger partial charge is 0.481 e. The number of aliphatic carboxylic acids is 1. The molecule has 2 aromatic heterocycles. The summed E-state index contributed by atoms with van der Waals surface area (Å²) in [4.78, 5) is 15.2. The number of carboxylic acid groups (broad SMARTS) is 1. The van der Waals surface area contributed by atoms with Gasteiger partial charge in [-0.05, 0) is 25.0 Å². The van der Waals surface area contributed by atoms with E-state index in [4.69, 9.17) is 5.11 Å². The summed E-state index contributed by atoms with van der Waals surface area (Å²) in [6.07, 6.45) is 5.90. The number of rotatable bonds is 13. The number of nitrogens with one attached hydrogen (secondary N) is 1. The van der Waals surface area contributed by atoms with Gasteiger partial charge in [0.25, 0.3) is 0 Å². The molecule has 2 N–H and O–H groups in total. The SMILES string of the molecule is O=C(O)CCN(CCCCCCNc1nsc2nccn12)S(=O)(=O)c1ccc(F)cc1F. The molecule has 0 aliphatic rings. The average Bonchev–Trinajstić information content (AvgIpc) is 3.33. The fourth-order valence-electron chi connectivity index (χ4n) is 3.13. The van der Waals surface area contributed by atoms with E-state index in [1.165, 1.54) is 11.5 Å². The molecule has 0 aliphatic heterocycles. The maximum absolute atomic E-state index is 14.0. The number of hydrogen-bond donors (Lipinski definition) is 2. The molecule has 0 spiro atoms. The summed E-state index contributed by atoms with van der Waals surface area (Å²) in [6.45, 7) is 0.432. The van der Waals surface area contributed by atoms with Crippen LogP contribution in [0.2, 0.25) is 0 Å². The minimum atomic E-state index is -4.29. The van der Waals surface area contributed by atoms with Gasteiger partial charge < -0.3 is 10.4 Å². The lowest BCUT2D eigenvalue weighted by Crippen LogP contribution is -2.34. The Morgan fingerprint density at radius 2 is 1.97 bits per heavy atom. The zero-order chi connectivity index (χ0) is 23.1. The number of carbonyl (C=O) groups is 1. The second-order valence-electron chi connectivity index (χ2n) is 7.05. The van der Waals surface area contributed by atoms with Gasteiger partial charge in [0.15, 0.2) is 0 Å². The van der Waals surface area contributed by atoms with Gasteiger partial charge in [-0.1, -0.05) is 12.8 Å². The van der Waals surface area contributed by atoms with Crippen LogP contribution in [-0.4, -0.2) is 57.2 Å². The third kappa shape index (κ3) is 5.99. The summed E-state index contributed by atoms with van der Waals surface area (Å²) in [5.41, 5.74) is 0. The number of sulfonamides is 1. The van der Waals surface area contributed by atoms with Crippen molar-refractivity contribution in [3.8, 4) is 0 Å². The highest BCUT2D eigenvalue weighted by molar-refractivity contribution is 7.89. The molecule has 0 atom stereocenters. The summed E-state index contributed by atoms with van der Waals surface area (Å²) in [6, 6.07) is 2.21. The number of halogens is 2. The van der Waals surface area contributed by atoms with E-state index in [0.717, 1.165) is 40.2 Å². The van der Waals surface area contributed by atoms with Gasteiger partial charge in [-0.3, -0.25) is 9.20 Å². The van der Waals surface area contributed by atoms with Crippen LogP contribution < -0.4 is 5.32 Å². The number of benzene rings is 1. The molecule has 0 bridgehead atoms. The van der Waals surface area contributed by atoms with Crippen molar-refractivity contribution < 1.29 is 27.1 Å². The molecule has 1 aromatic carbocycles. The van der Waals surface area contributed by atoms with Gasteiger partial charge in [-0.25, -0.2) is 22.2 Å². The maximum Gasteiger partial charge on any atom is 0.304 e. The first kappa shape index (κ1) is 24.0. The van der Waals surface area contributed by atoms with Crippen LogP contribution in [0.1, 0.15) is 32.1 Å². The first-order chi connectivity index (χ1) is 15.3. The monoisotopic (exact) mass is 487 g/mol. The van der Waals surface area contributed by atoms with E-state index in [0.29, 0.717) is 25.5 Å².